The van der Waals surface area contributed by atoms with E-state index < -0.39 is 0 Å². The molecule has 0 N–H and O–H groups in total. The predicted octanol–water partition coefficient (Wildman–Crippen LogP) is 11.8. The lowest BCUT2D eigenvalue weighted by atomic mass is 9.34. The first-order valence-electron chi connectivity index (χ1n) is 19.5. The zero-order chi connectivity index (χ0) is 37.5. The van der Waals surface area contributed by atoms with Crippen molar-refractivity contribution in [2.45, 2.75) is 0 Å². The molecule has 0 saturated heterocycles. The van der Waals surface area contributed by atoms with Crippen molar-refractivity contribution in [2.75, 3.05) is 4.90 Å². The summed E-state index contributed by atoms with van der Waals surface area (Å²) in [5, 5.41) is 4.84. The van der Waals surface area contributed by atoms with Crippen molar-refractivity contribution in [3.63, 3.8) is 0 Å². The molecule has 2 aliphatic heterocycles. The number of hydrogen-bond donors (Lipinski definition) is 0. The van der Waals surface area contributed by atoms with Gasteiger partial charge in [-0.05, 0) is 106 Å². The number of fused-ring (bicyclic) bond motifs is 9. The Morgan fingerprint density at radius 1 is 0.421 bits per heavy atom. The maximum absolute atomic E-state index is 6.81. The third-order valence-electron chi connectivity index (χ3n) is 11.7. The van der Waals surface area contributed by atoms with Crippen LogP contribution in [-0.2, 0) is 0 Å². The second-order valence-corrected chi connectivity index (χ2v) is 14.8. The first-order valence-corrected chi connectivity index (χ1v) is 19.5. The molecule has 0 spiro atoms. The van der Waals surface area contributed by atoms with Crippen LogP contribution in [0, 0.1) is 0 Å². The fraction of sp³-hybridized carbons (Fsp3) is 0. The molecule has 5 heteroatoms. The molecule has 0 aliphatic carbocycles. The monoisotopic (exact) mass is 728 g/mol. The molecule has 0 fully saturated rings. The SMILES string of the molecule is c1ccc(N(c2ccc(-c3cc4c5c(c3)Oc3ccc6ccccc6c3B5c3ccccc3O4)cc2)c2cccc3c4ccccc4n(-c4ccccc4)c23)cc1. The molecule has 0 saturated carbocycles. The maximum Gasteiger partial charge on any atom is 0.261 e. The van der Waals surface area contributed by atoms with E-state index in [0.717, 1.165) is 73.3 Å². The quantitative estimate of drug-likeness (QED) is 0.165. The van der Waals surface area contributed by atoms with Crippen LogP contribution in [0.25, 0.3) is 49.4 Å². The summed E-state index contributed by atoms with van der Waals surface area (Å²) in [5.41, 5.74) is 12.2. The molecule has 1 aromatic heterocycles. The van der Waals surface area contributed by atoms with Crippen molar-refractivity contribution in [1.29, 1.82) is 0 Å². The van der Waals surface area contributed by atoms with Crippen molar-refractivity contribution in [3.05, 3.63) is 200 Å². The molecular weight excluding hydrogens is 695 g/mol. The highest BCUT2D eigenvalue weighted by atomic mass is 16.5. The molecule has 266 valence electrons. The predicted molar refractivity (Wildman–Crippen MR) is 236 cm³/mol. The smallest absolute Gasteiger partial charge is 0.261 e. The van der Waals surface area contributed by atoms with Gasteiger partial charge < -0.3 is 18.9 Å². The number of hydrogen-bond acceptors (Lipinski definition) is 3. The fourth-order valence-electron chi connectivity index (χ4n) is 9.22. The maximum atomic E-state index is 6.81. The largest absolute Gasteiger partial charge is 0.458 e. The molecule has 2 aliphatic rings. The Kier molecular flexibility index (Phi) is 6.99. The average Bonchev–Trinajstić information content (AvgIpc) is 3.62. The molecule has 0 unspecified atom stereocenters. The Bertz CT molecular complexity index is 3180. The average molecular weight is 729 g/mol. The van der Waals surface area contributed by atoms with Gasteiger partial charge in [0.1, 0.15) is 23.0 Å². The summed E-state index contributed by atoms with van der Waals surface area (Å²) in [4.78, 5) is 2.37. The highest BCUT2D eigenvalue weighted by molar-refractivity contribution is 6.99. The number of aromatic nitrogens is 1. The van der Waals surface area contributed by atoms with Crippen LogP contribution >= 0.6 is 0 Å². The van der Waals surface area contributed by atoms with Gasteiger partial charge in [-0.1, -0.05) is 127 Å². The Labute approximate surface area is 330 Å². The highest BCUT2D eigenvalue weighted by Crippen LogP contribution is 2.44. The van der Waals surface area contributed by atoms with Gasteiger partial charge in [-0.3, -0.25) is 0 Å². The first kappa shape index (κ1) is 31.8. The van der Waals surface area contributed by atoms with E-state index in [-0.39, 0.29) is 6.71 Å². The zero-order valence-corrected chi connectivity index (χ0v) is 30.8. The molecular formula is C52H33BN2O2. The van der Waals surface area contributed by atoms with Crippen LogP contribution in [0.2, 0.25) is 0 Å². The summed E-state index contributed by atoms with van der Waals surface area (Å²) in [6.45, 7) is -0.000141. The van der Waals surface area contributed by atoms with Crippen LogP contribution < -0.4 is 30.8 Å². The van der Waals surface area contributed by atoms with Gasteiger partial charge in [0, 0.05) is 33.3 Å². The number of para-hydroxylation sites is 5. The molecule has 0 radical (unpaired) electrons. The van der Waals surface area contributed by atoms with E-state index in [1.165, 1.54) is 32.5 Å². The number of benzene rings is 9. The first-order chi connectivity index (χ1) is 28.3. The fourth-order valence-corrected chi connectivity index (χ4v) is 9.22. The number of ether oxygens (including phenoxy) is 2. The zero-order valence-electron chi connectivity index (χ0n) is 30.8. The summed E-state index contributed by atoms with van der Waals surface area (Å²) in [5.74, 6) is 3.44. The molecule has 12 rings (SSSR count). The van der Waals surface area contributed by atoms with Crippen LogP contribution in [0.15, 0.2) is 200 Å². The van der Waals surface area contributed by atoms with Crippen molar-refractivity contribution in [2.24, 2.45) is 0 Å². The molecule has 3 heterocycles. The van der Waals surface area contributed by atoms with Crippen molar-refractivity contribution >= 4 is 72.7 Å². The Balaban J connectivity index is 1.01. The van der Waals surface area contributed by atoms with Crippen molar-refractivity contribution < 1.29 is 9.47 Å². The topological polar surface area (TPSA) is 26.6 Å². The van der Waals surface area contributed by atoms with Crippen LogP contribution in [0.1, 0.15) is 0 Å². The molecule has 57 heavy (non-hydrogen) atoms. The van der Waals surface area contributed by atoms with Gasteiger partial charge >= 0.3 is 0 Å². The molecule has 4 nitrogen and oxygen atoms in total. The summed E-state index contributed by atoms with van der Waals surface area (Å²) in [6, 6.07) is 71.2. The highest BCUT2D eigenvalue weighted by Gasteiger charge is 2.41. The lowest BCUT2D eigenvalue weighted by Crippen LogP contribution is -2.57. The van der Waals surface area contributed by atoms with Gasteiger partial charge in [-0.2, -0.15) is 0 Å². The second kappa shape index (κ2) is 12.5. The number of rotatable bonds is 5. The van der Waals surface area contributed by atoms with Gasteiger partial charge in [0.05, 0.1) is 16.7 Å². The molecule has 9 aromatic carbocycles. The van der Waals surface area contributed by atoms with E-state index in [1.807, 2.05) is 0 Å². The van der Waals surface area contributed by atoms with Crippen molar-refractivity contribution in [1.82, 2.24) is 4.57 Å². The molecule has 0 bridgehead atoms. The molecule has 0 amide bonds. The Hall–Kier alpha value is -7.50. The Morgan fingerprint density at radius 3 is 1.89 bits per heavy atom. The van der Waals surface area contributed by atoms with Gasteiger partial charge in [-0.15, -0.1) is 0 Å². The standard InChI is InChI=1S/C52H33BN2O2/c1-3-15-37(16-4-1)54(45-24-13-21-42-41-20-9-11-23-44(41)55(52(42)45)38-17-5-2-6-18-38)39-29-26-34(27-30-39)36-32-48-51-49(33-36)57-47-31-28-35-14-7-8-19-40(35)50(47)53(51)43-22-10-12-25-46(43)56-48/h1-33H. The van der Waals surface area contributed by atoms with E-state index in [4.69, 9.17) is 9.47 Å². The van der Waals surface area contributed by atoms with Crippen LogP contribution in [0.4, 0.5) is 17.1 Å². The van der Waals surface area contributed by atoms with E-state index in [0.29, 0.717) is 0 Å². The third kappa shape index (κ3) is 4.89. The minimum atomic E-state index is -0.000141. The van der Waals surface area contributed by atoms with Gasteiger partial charge in [0.2, 0.25) is 0 Å². The lowest BCUT2D eigenvalue weighted by Gasteiger charge is -2.34. The minimum Gasteiger partial charge on any atom is -0.458 e. The summed E-state index contributed by atoms with van der Waals surface area (Å²) >= 11 is 0. The van der Waals surface area contributed by atoms with Crippen LogP contribution in [0.5, 0.6) is 23.0 Å². The number of anilines is 3. The summed E-state index contributed by atoms with van der Waals surface area (Å²) < 4.78 is 15.9. The van der Waals surface area contributed by atoms with Crippen LogP contribution in [0.3, 0.4) is 0 Å². The van der Waals surface area contributed by atoms with Crippen molar-refractivity contribution in [3.8, 4) is 39.8 Å². The second-order valence-electron chi connectivity index (χ2n) is 14.8. The Morgan fingerprint density at radius 2 is 1.07 bits per heavy atom. The minimum absolute atomic E-state index is 0.000141. The molecule has 10 aromatic rings. The molecule has 0 atom stereocenters. The van der Waals surface area contributed by atoms with Gasteiger partial charge in [0.25, 0.3) is 6.71 Å². The van der Waals surface area contributed by atoms with E-state index in [1.54, 1.807) is 0 Å². The van der Waals surface area contributed by atoms with Crippen LogP contribution in [-0.4, -0.2) is 11.3 Å². The summed E-state index contributed by atoms with van der Waals surface area (Å²) in [6.07, 6.45) is 0. The van der Waals surface area contributed by atoms with E-state index >= 15 is 0 Å². The normalized spacial score (nSPS) is 12.5. The summed E-state index contributed by atoms with van der Waals surface area (Å²) in [7, 11) is 0. The third-order valence-corrected chi connectivity index (χ3v) is 11.7. The van der Waals surface area contributed by atoms with E-state index in [2.05, 4.69) is 210 Å². The number of nitrogens with zero attached hydrogens (tertiary/aromatic N) is 2. The van der Waals surface area contributed by atoms with Gasteiger partial charge in [0.15, 0.2) is 0 Å². The van der Waals surface area contributed by atoms with Gasteiger partial charge in [-0.25, -0.2) is 0 Å². The van der Waals surface area contributed by atoms with E-state index in [9.17, 15) is 0 Å². The lowest BCUT2D eigenvalue weighted by molar-refractivity contribution is 0.465.